The van der Waals surface area contributed by atoms with Gasteiger partial charge in [0.2, 0.25) is 0 Å². The van der Waals surface area contributed by atoms with Crippen LogP contribution in [0.1, 0.15) is 16.1 Å². The Labute approximate surface area is 208 Å². The van der Waals surface area contributed by atoms with Crippen LogP contribution in [0.15, 0.2) is 84.3 Å². The summed E-state index contributed by atoms with van der Waals surface area (Å²) in [6, 6.07) is 23.7. The van der Waals surface area contributed by atoms with E-state index >= 15 is 0 Å². The topological polar surface area (TPSA) is 41.4 Å². The molecule has 1 fully saturated rings. The van der Waals surface area contributed by atoms with Gasteiger partial charge in [-0.15, -0.1) is 11.3 Å². The summed E-state index contributed by atoms with van der Waals surface area (Å²) in [4.78, 5) is 18.9. The minimum Gasteiger partial charge on any atom is -0.335 e. The third-order valence-electron chi connectivity index (χ3n) is 5.92. The Morgan fingerprint density at radius 2 is 1.74 bits per heavy atom. The monoisotopic (exact) mass is 488 g/mol. The fraction of sp³-hybridized carbons (Fsp3) is 0.185. The first-order valence-electron chi connectivity index (χ1n) is 11.3. The second-order valence-electron chi connectivity index (χ2n) is 8.16. The van der Waals surface area contributed by atoms with Gasteiger partial charge in [-0.2, -0.15) is 5.10 Å². The lowest BCUT2D eigenvalue weighted by Crippen LogP contribution is -2.49. The van der Waals surface area contributed by atoms with Gasteiger partial charge in [-0.05, 0) is 35.2 Å². The average Bonchev–Trinajstić information content (AvgIpc) is 3.56. The van der Waals surface area contributed by atoms with E-state index in [4.69, 9.17) is 16.7 Å². The van der Waals surface area contributed by atoms with Crippen LogP contribution in [0.25, 0.3) is 22.3 Å². The third kappa shape index (κ3) is 4.99. The molecule has 5 rings (SSSR count). The summed E-state index contributed by atoms with van der Waals surface area (Å²) in [6.07, 6.45) is 4.33. The molecule has 172 valence electrons. The van der Waals surface area contributed by atoms with Gasteiger partial charge in [0.25, 0.3) is 5.91 Å². The Kier molecular flexibility index (Phi) is 6.90. The zero-order valence-corrected chi connectivity index (χ0v) is 20.3. The Bertz CT molecular complexity index is 1280. The standard InChI is InChI=1S/C27H25ClN4OS/c28-22-11-4-5-12-24(22)32-25(20-23(29-32)26-13-7-19-34-26)27(33)31-17-15-30(16-18-31)14-6-10-21-8-2-1-3-9-21/h1-13,19-20H,14-18H2/b10-6+. The molecule has 5 nitrogen and oxygen atoms in total. The number of piperazine rings is 1. The fourth-order valence-corrected chi connectivity index (χ4v) is 4.98. The molecule has 1 saturated heterocycles. The van der Waals surface area contributed by atoms with Crippen LogP contribution in [0.5, 0.6) is 0 Å². The van der Waals surface area contributed by atoms with Crippen LogP contribution >= 0.6 is 22.9 Å². The molecular weight excluding hydrogens is 464 g/mol. The first-order chi connectivity index (χ1) is 16.7. The van der Waals surface area contributed by atoms with Crippen molar-refractivity contribution in [1.29, 1.82) is 0 Å². The second kappa shape index (κ2) is 10.4. The minimum absolute atomic E-state index is 0.0188. The van der Waals surface area contributed by atoms with Crippen LogP contribution in [-0.4, -0.2) is 58.2 Å². The van der Waals surface area contributed by atoms with E-state index in [0.717, 1.165) is 30.2 Å². The van der Waals surface area contributed by atoms with Crippen LogP contribution < -0.4 is 0 Å². The SMILES string of the molecule is O=C(c1cc(-c2cccs2)nn1-c1ccccc1Cl)N1CCN(C/C=C/c2ccccc2)CC1. The molecule has 0 radical (unpaired) electrons. The van der Waals surface area contributed by atoms with Gasteiger partial charge in [0.05, 0.1) is 15.6 Å². The van der Waals surface area contributed by atoms with Gasteiger partial charge in [0.1, 0.15) is 11.4 Å². The van der Waals surface area contributed by atoms with Crippen molar-refractivity contribution in [1.82, 2.24) is 19.6 Å². The lowest BCUT2D eigenvalue weighted by atomic mass is 10.2. The van der Waals surface area contributed by atoms with Gasteiger partial charge in [-0.3, -0.25) is 9.69 Å². The maximum Gasteiger partial charge on any atom is 0.272 e. The highest BCUT2D eigenvalue weighted by Gasteiger charge is 2.26. The second-order valence-corrected chi connectivity index (χ2v) is 9.52. The molecule has 0 aliphatic carbocycles. The third-order valence-corrected chi connectivity index (χ3v) is 7.13. The highest BCUT2D eigenvalue weighted by Crippen LogP contribution is 2.28. The van der Waals surface area contributed by atoms with Crippen molar-refractivity contribution in [3.05, 3.63) is 101 Å². The molecule has 0 bridgehead atoms. The van der Waals surface area contributed by atoms with Gasteiger partial charge in [-0.25, -0.2) is 4.68 Å². The summed E-state index contributed by atoms with van der Waals surface area (Å²) in [7, 11) is 0. The Morgan fingerprint density at radius 3 is 2.47 bits per heavy atom. The van der Waals surface area contributed by atoms with Crippen LogP contribution in [0.3, 0.4) is 0 Å². The molecule has 1 amide bonds. The molecule has 0 saturated carbocycles. The Balaban J connectivity index is 1.31. The number of benzene rings is 2. The van der Waals surface area contributed by atoms with Crippen molar-refractivity contribution in [3.63, 3.8) is 0 Å². The number of carbonyl (C=O) groups excluding carboxylic acids is 1. The molecular formula is C27H25ClN4OS. The number of nitrogens with zero attached hydrogens (tertiary/aromatic N) is 4. The number of para-hydroxylation sites is 1. The molecule has 0 N–H and O–H groups in total. The fourth-order valence-electron chi connectivity index (χ4n) is 4.08. The molecule has 7 heteroatoms. The number of halogens is 1. The number of thiophene rings is 1. The van der Waals surface area contributed by atoms with E-state index in [1.54, 1.807) is 16.0 Å². The number of rotatable bonds is 6. The van der Waals surface area contributed by atoms with Crippen LogP contribution in [0.4, 0.5) is 0 Å². The largest absolute Gasteiger partial charge is 0.335 e. The molecule has 34 heavy (non-hydrogen) atoms. The number of aromatic nitrogens is 2. The maximum atomic E-state index is 13.6. The highest BCUT2D eigenvalue weighted by atomic mass is 35.5. The molecule has 2 aromatic heterocycles. The first kappa shape index (κ1) is 22.6. The van der Waals surface area contributed by atoms with Gasteiger partial charge < -0.3 is 4.90 Å². The van der Waals surface area contributed by atoms with Crippen molar-refractivity contribution < 1.29 is 4.79 Å². The lowest BCUT2D eigenvalue weighted by molar-refractivity contribution is 0.0641. The summed E-state index contributed by atoms with van der Waals surface area (Å²) in [5, 5.41) is 7.33. The summed E-state index contributed by atoms with van der Waals surface area (Å²) < 4.78 is 1.69. The summed E-state index contributed by atoms with van der Waals surface area (Å²) in [5.74, 6) is -0.0188. The normalized spacial score (nSPS) is 14.7. The molecule has 2 aromatic carbocycles. The first-order valence-corrected chi connectivity index (χ1v) is 12.6. The molecule has 1 aliphatic heterocycles. The zero-order valence-electron chi connectivity index (χ0n) is 18.7. The predicted molar refractivity (Wildman–Crippen MR) is 140 cm³/mol. The van der Waals surface area contributed by atoms with Crippen LogP contribution in [0, 0.1) is 0 Å². The summed E-state index contributed by atoms with van der Waals surface area (Å²) >= 11 is 8.08. The van der Waals surface area contributed by atoms with E-state index in [-0.39, 0.29) is 5.91 Å². The number of carbonyl (C=O) groups is 1. The van der Waals surface area contributed by atoms with E-state index in [1.807, 2.05) is 70.9 Å². The molecule has 0 unspecified atom stereocenters. The van der Waals surface area contributed by atoms with Crippen molar-refractivity contribution in [3.8, 4) is 16.3 Å². The quantitative estimate of drug-likeness (QED) is 0.348. The molecule has 0 atom stereocenters. The maximum absolute atomic E-state index is 13.6. The van der Waals surface area contributed by atoms with E-state index in [1.165, 1.54) is 5.56 Å². The summed E-state index contributed by atoms with van der Waals surface area (Å²) in [6.45, 7) is 3.91. The van der Waals surface area contributed by atoms with Crippen molar-refractivity contribution in [2.24, 2.45) is 0 Å². The van der Waals surface area contributed by atoms with E-state index in [0.29, 0.717) is 29.5 Å². The number of hydrogen-bond donors (Lipinski definition) is 0. The van der Waals surface area contributed by atoms with E-state index in [9.17, 15) is 4.79 Å². The average molecular weight is 489 g/mol. The predicted octanol–water partition coefficient (Wildman–Crippen LogP) is 5.73. The van der Waals surface area contributed by atoms with Gasteiger partial charge in [0, 0.05) is 32.7 Å². The van der Waals surface area contributed by atoms with Gasteiger partial charge in [0.15, 0.2) is 0 Å². The van der Waals surface area contributed by atoms with E-state index < -0.39 is 0 Å². The number of amides is 1. The summed E-state index contributed by atoms with van der Waals surface area (Å²) in [5.41, 5.74) is 3.22. The number of hydrogen-bond acceptors (Lipinski definition) is 4. The Hall–Kier alpha value is -3.19. The zero-order chi connectivity index (χ0) is 23.3. The molecule has 3 heterocycles. The smallest absolute Gasteiger partial charge is 0.272 e. The molecule has 0 spiro atoms. The molecule has 4 aromatic rings. The van der Waals surface area contributed by atoms with Crippen LogP contribution in [-0.2, 0) is 0 Å². The highest BCUT2D eigenvalue weighted by molar-refractivity contribution is 7.13. The van der Waals surface area contributed by atoms with Gasteiger partial charge in [-0.1, -0.05) is 72.3 Å². The minimum atomic E-state index is -0.0188. The van der Waals surface area contributed by atoms with Crippen molar-refractivity contribution in [2.45, 2.75) is 0 Å². The molecule has 1 aliphatic rings. The lowest BCUT2D eigenvalue weighted by Gasteiger charge is -2.34. The van der Waals surface area contributed by atoms with Crippen molar-refractivity contribution in [2.75, 3.05) is 32.7 Å². The van der Waals surface area contributed by atoms with Gasteiger partial charge >= 0.3 is 0 Å². The Morgan fingerprint density at radius 1 is 0.971 bits per heavy atom. The van der Waals surface area contributed by atoms with E-state index in [2.05, 4.69) is 29.2 Å². The van der Waals surface area contributed by atoms with Crippen LogP contribution in [0.2, 0.25) is 5.02 Å². The van der Waals surface area contributed by atoms with Crippen molar-refractivity contribution >= 4 is 34.9 Å².